The lowest BCUT2D eigenvalue weighted by Gasteiger charge is -2.02. The zero-order valence-corrected chi connectivity index (χ0v) is 12.3. The van der Waals surface area contributed by atoms with Gasteiger partial charge in [0, 0.05) is 17.6 Å². The highest BCUT2D eigenvalue weighted by molar-refractivity contribution is 7.99. The number of pyridine rings is 1. The molecular formula is C13H13N5S2. The number of nitrogens with two attached hydrogens (primary N) is 1. The highest BCUT2D eigenvalue weighted by Crippen LogP contribution is 2.25. The second kappa shape index (κ2) is 6.06. The van der Waals surface area contributed by atoms with Gasteiger partial charge in [-0.25, -0.2) is 4.68 Å². The second-order valence-corrected chi connectivity index (χ2v) is 6.08. The quantitative estimate of drug-likeness (QED) is 0.579. The van der Waals surface area contributed by atoms with Crippen LogP contribution < -0.4 is 5.84 Å². The topological polar surface area (TPSA) is 69.6 Å². The molecule has 0 atom stereocenters. The van der Waals surface area contributed by atoms with Gasteiger partial charge in [-0.1, -0.05) is 23.9 Å². The van der Waals surface area contributed by atoms with Crippen LogP contribution in [0.3, 0.4) is 0 Å². The Morgan fingerprint density at radius 3 is 2.90 bits per heavy atom. The first kappa shape index (κ1) is 13.1. The molecule has 0 spiro atoms. The number of aromatic nitrogens is 4. The summed E-state index contributed by atoms with van der Waals surface area (Å²) in [5.74, 6) is 7.62. The lowest BCUT2D eigenvalue weighted by atomic mass is 10.3. The largest absolute Gasteiger partial charge is 0.335 e. The third-order valence-corrected chi connectivity index (χ3v) is 4.53. The van der Waals surface area contributed by atoms with E-state index in [0.717, 1.165) is 27.9 Å². The van der Waals surface area contributed by atoms with Gasteiger partial charge in [0.1, 0.15) is 0 Å². The summed E-state index contributed by atoms with van der Waals surface area (Å²) in [6, 6.07) is 9.89. The second-order valence-electron chi connectivity index (χ2n) is 4.07. The molecule has 7 heteroatoms. The Morgan fingerprint density at radius 2 is 2.15 bits per heavy atom. The van der Waals surface area contributed by atoms with Crippen LogP contribution in [-0.4, -0.2) is 25.6 Å². The van der Waals surface area contributed by atoms with Crippen LogP contribution in [0.15, 0.2) is 47.1 Å². The molecule has 3 heterocycles. The van der Waals surface area contributed by atoms with Crippen molar-refractivity contribution in [2.75, 3.05) is 11.6 Å². The smallest absolute Gasteiger partial charge is 0.210 e. The summed E-state index contributed by atoms with van der Waals surface area (Å²) in [6.45, 7) is 0. The first-order valence-electron chi connectivity index (χ1n) is 6.11. The summed E-state index contributed by atoms with van der Waals surface area (Å²) in [5.41, 5.74) is 1.07. The third-order valence-electron chi connectivity index (χ3n) is 2.72. The predicted octanol–water partition coefficient (Wildman–Crippen LogP) is 2.45. The number of nitrogen functional groups attached to an aromatic ring is 1. The van der Waals surface area contributed by atoms with E-state index in [4.69, 9.17) is 5.84 Å². The standard InChI is InChI=1S/C13H13N5S2/c14-18-12(11-5-3-8-19-11)16-17-13(18)20-9-6-10-4-1-2-7-15-10/h1-5,7-8H,6,9,14H2. The van der Waals surface area contributed by atoms with Crippen molar-refractivity contribution in [1.29, 1.82) is 0 Å². The van der Waals surface area contributed by atoms with Crippen LogP contribution in [0.4, 0.5) is 0 Å². The van der Waals surface area contributed by atoms with Crippen LogP contribution in [0.1, 0.15) is 5.69 Å². The van der Waals surface area contributed by atoms with Gasteiger partial charge in [0.05, 0.1) is 4.88 Å². The minimum atomic E-state index is 0.709. The van der Waals surface area contributed by atoms with E-state index in [0.29, 0.717) is 5.82 Å². The number of thioether (sulfide) groups is 1. The summed E-state index contributed by atoms with van der Waals surface area (Å²) >= 11 is 3.19. The van der Waals surface area contributed by atoms with Crippen molar-refractivity contribution in [2.45, 2.75) is 11.6 Å². The number of nitrogens with zero attached hydrogens (tertiary/aromatic N) is 4. The highest BCUT2D eigenvalue weighted by atomic mass is 32.2. The molecule has 0 amide bonds. The van der Waals surface area contributed by atoms with Crippen molar-refractivity contribution in [3.8, 4) is 10.7 Å². The Morgan fingerprint density at radius 1 is 1.20 bits per heavy atom. The maximum absolute atomic E-state index is 6.04. The molecule has 102 valence electrons. The van der Waals surface area contributed by atoms with E-state index < -0.39 is 0 Å². The first-order chi connectivity index (χ1) is 9.84. The molecular weight excluding hydrogens is 290 g/mol. The average Bonchev–Trinajstić information content (AvgIpc) is 3.11. The minimum Gasteiger partial charge on any atom is -0.335 e. The maximum atomic E-state index is 6.04. The van der Waals surface area contributed by atoms with E-state index in [1.165, 1.54) is 0 Å². The van der Waals surface area contributed by atoms with Gasteiger partial charge in [0.2, 0.25) is 5.16 Å². The summed E-state index contributed by atoms with van der Waals surface area (Å²) in [4.78, 5) is 5.32. The Balaban J connectivity index is 1.64. The Kier molecular flexibility index (Phi) is 3.98. The lowest BCUT2D eigenvalue weighted by molar-refractivity contribution is 0.849. The highest BCUT2D eigenvalue weighted by Gasteiger charge is 2.12. The van der Waals surface area contributed by atoms with E-state index in [2.05, 4.69) is 15.2 Å². The molecule has 0 fully saturated rings. The van der Waals surface area contributed by atoms with Gasteiger partial charge in [0.25, 0.3) is 0 Å². The summed E-state index contributed by atoms with van der Waals surface area (Å²) in [5, 5.41) is 11.0. The van der Waals surface area contributed by atoms with Gasteiger partial charge in [-0.05, 0) is 30.0 Å². The maximum Gasteiger partial charge on any atom is 0.210 e. The number of thiophene rings is 1. The van der Waals surface area contributed by atoms with E-state index in [1.807, 2.05) is 35.7 Å². The van der Waals surface area contributed by atoms with Crippen molar-refractivity contribution < 1.29 is 0 Å². The molecule has 0 aliphatic heterocycles. The molecule has 3 aromatic rings. The fourth-order valence-electron chi connectivity index (χ4n) is 1.74. The molecule has 5 nitrogen and oxygen atoms in total. The van der Waals surface area contributed by atoms with E-state index >= 15 is 0 Å². The fraction of sp³-hybridized carbons (Fsp3) is 0.154. The van der Waals surface area contributed by atoms with Crippen LogP contribution in [0, 0.1) is 0 Å². The van der Waals surface area contributed by atoms with Gasteiger partial charge >= 0.3 is 0 Å². The van der Waals surface area contributed by atoms with Gasteiger partial charge in [-0.15, -0.1) is 21.5 Å². The molecule has 20 heavy (non-hydrogen) atoms. The Hall–Kier alpha value is -1.86. The molecule has 0 aliphatic rings. The SMILES string of the molecule is Nn1c(SCCc2ccccn2)nnc1-c1cccs1. The molecule has 3 rings (SSSR count). The van der Waals surface area contributed by atoms with Crippen molar-refractivity contribution in [3.63, 3.8) is 0 Å². The number of aryl methyl sites for hydroxylation is 1. The predicted molar refractivity (Wildman–Crippen MR) is 82.2 cm³/mol. The van der Waals surface area contributed by atoms with Gasteiger partial charge in [-0.2, -0.15) is 0 Å². The summed E-state index contributed by atoms with van der Waals surface area (Å²) < 4.78 is 1.55. The normalized spacial score (nSPS) is 10.8. The van der Waals surface area contributed by atoms with Gasteiger partial charge in [-0.3, -0.25) is 4.98 Å². The molecule has 0 aromatic carbocycles. The number of rotatable bonds is 5. The summed E-state index contributed by atoms with van der Waals surface area (Å²) in [7, 11) is 0. The molecule has 0 bridgehead atoms. The molecule has 0 aliphatic carbocycles. The van der Waals surface area contributed by atoms with Crippen molar-refractivity contribution in [3.05, 3.63) is 47.6 Å². The van der Waals surface area contributed by atoms with Crippen LogP contribution in [0.2, 0.25) is 0 Å². The minimum absolute atomic E-state index is 0.709. The Bertz CT molecular complexity index is 663. The third kappa shape index (κ3) is 2.83. The van der Waals surface area contributed by atoms with Gasteiger partial charge < -0.3 is 5.84 Å². The lowest BCUT2D eigenvalue weighted by Crippen LogP contribution is -2.11. The van der Waals surface area contributed by atoms with Crippen LogP contribution in [0.5, 0.6) is 0 Å². The van der Waals surface area contributed by atoms with E-state index in [1.54, 1.807) is 34.0 Å². The fourth-order valence-corrected chi connectivity index (χ4v) is 3.27. The molecule has 0 saturated heterocycles. The van der Waals surface area contributed by atoms with E-state index in [9.17, 15) is 0 Å². The van der Waals surface area contributed by atoms with Crippen molar-refractivity contribution >= 4 is 23.1 Å². The zero-order chi connectivity index (χ0) is 13.8. The molecule has 0 unspecified atom stereocenters. The first-order valence-corrected chi connectivity index (χ1v) is 7.98. The molecule has 0 saturated carbocycles. The summed E-state index contributed by atoms with van der Waals surface area (Å²) in [6.07, 6.45) is 2.69. The zero-order valence-electron chi connectivity index (χ0n) is 10.6. The number of hydrogen-bond acceptors (Lipinski definition) is 6. The average molecular weight is 303 g/mol. The molecule has 2 N–H and O–H groups in total. The van der Waals surface area contributed by atoms with Gasteiger partial charge in [0.15, 0.2) is 5.82 Å². The molecule has 3 aromatic heterocycles. The van der Waals surface area contributed by atoms with Crippen LogP contribution >= 0.6 is 23.1 Å². The van der Waals surface area contributed by atoms with Crippen LogP contribution in [-0.2, 0) is 6.42 Å². The Labute approximate surface area is 124 Å². The number of hydrogen-bond donors (Lipinski definition) is 1. The van der Waals surface area contributed by atoms with Crippen LogP contribution in [0.25, 0.3) is 10.7 Å². The van der Waals surface area contributed by atoms with Crippen molar-refractivity contribution in [1.82, 2.24) is 19.9 Å². The molecule has 0 radical (unpaired) electrons. The van der Waals surface area contributed by atoms with E-state index in [-0.39, 0.29) is 0 Å². The van der Waals surface area contributed by atoms with Crippen molar-refractivity contribution in [2.24, 2.45) is 0 Å². The monoisotopic (exact) mass is 303 g/mol.